The predicted octanol–water partition coefficient (Wildman–Crippen LogP) is 3.70. The quantitative estimate of drug-likeness (QED) is 0.189. The first kappa shape index (κ1) is 26.0. The van der Waals surface area contributed by atoms with E-state index in [0.29, 0.717) is 32.1 Å². The van der Waals surface area contributed by atoms with E-state index in [1.165, 1.54) is 12.1 Å². The number of morpholine rings is 1. The zero-order chi connectivity index (χ0) is 22.4. The monoisotopic (exact) mass is 568 g/mol. The number of ether oxygens (including phenoxy) is 1. The number of guanidine groups is 1. The first-order chi connectivity index (χ1) is 14.8. The average Bonchev–Trinajstić information content (AvgIpc) is 2.73. The molecule has 0 bridgehead atoms. The van der Waals surface area contributed by atoms with Crippen LogP contribution in [0.4, 0.5) is 23.5 Å². The van der Waals surface area contributed by atoms with Crippen LogP contribution in [0, 0.1) is 5.82 Å². The summed E-state index contributed by atoms with van der Waals surface area (Å²) < 4.78 is 57.4. The van der Waals surface area contributed by atoms with Gasteiger partial charge in [-0.15, -0.1) is 24.0 Å². The van der Waals surface area contributed by atoms with E-state index in [1.54, 1.807) is 19.2 Å². The molecule has 32 heavy (non-hydrogen) atoms. The third-order valence-corrected chi connectivity index (χ3v) is 4.65. The van der Waals surface area contributed by atoms with E-state index in [9.17, 15) is 17.6 Å². The van der Waals surface area contributed by atoms with Crippen molar-refractivity contribution in [2.24, 2.45) is 4.99 Å². The minimum absolute atomic E-state index is 0. The van der Waals surface area contributed by atoms with Gasteiger partial charge in [0, 0.05) is 32.9 Å². The van der Waals surface area contributed by atoms with Crippen molar-refractivity contribution in [2.45, 2.75) is 25.3 Å². The van der Waals surface area contributed by atoms with Crippen molar-refractivity contribution in [3.05, 3.63) is 53.6 Å². The number of aliphatic imine (C=N–C) groups is 1. The Bertz CT molecular complexity index is 896. The molecule has 2 N–H and O–H groups in total. The van der Waals surface area contributed by atoms with Gasteiger partial charge in [0.25, 0.3) is 0 Å². The molecule has 0 amide bonds. The van der Waals surface area contributed by atoms with Gasteiger partial charge in [0.1, 0.15) is 17.6 Å². The van der Waals surface area contributed by atoms with E-state index in [2.05, 4.69) is 25.6 Å². The molecule has 12 heteroatoms. The second-order valence-electron chi connectivity index (χ2n) is 7.06. The molecule has 2 aromatic rings. The first-order valence-corrected chi connectivity index (χ1v) is 9.77. The molecule has 0 spiro atoms. The molecule has 2 atom stereocenters. The van der Waals surface area contributed by atoms with Crippen LogP contribution in [0.15, 0.2) is 41.5 Å². The maximum atomic E-state index is 13.2. The lowest BCUT2D eigenvalue weighted by molar-refractivity contribution is -0.141. The van der Waals surface area contributed by atoms with Crippen LogP contribution in [0.25, 0.3) is 0 Å². The van der Waals surface area contributed by atoms with Crippen LogP contribution in [0.5, 0.6) is 0 Å². The van der Waals surface area contributed by atoms with Crippen LogP contribution >= 0.6 is 24.0 Å². The number of aromatic nitrogens is 2. The van der Waals surface area contributed by atoms with Crippen molar-refractivity contribution in [3.63, 3.8) is 0 Å². The lowest BCUT2D eigenvalue weighted by Crippen LogP contribution is -2.51. The Labute approximate surface area is 200 Å². The fraction of sp³-hybridized carbons (Fsp3) is 0.450. The number of anilines is 1. The zero-order valence-corrected chi connectivity index (χ0v) is 19.9. The highest BCUT2D eigenvalue weighted by atomic mass is 127. The maximum absolute atomic E-state index is 13.2. The highest BCUT2D eigenvalue weighted by Gasteiger charge is 2.32. The van der Waals surface area contributed by atoms with Crippen molar-refractivity contribution in [2.75, 3.05) is 38.5 Å². The Morgan fingerprint density at radius 3 is 2.56 bits per heavy atom. The summed E-state index contributed by atoms with van der Waals surface area (Å²) >= 11 is 0. The summed E-state index contributed by atoms with van der Waals surface area (Å²) in [7, 11) is 1.65. The van der Waals surface area contributed by atoms with Crippen molar-refractivity contribution in [1.82, 2.24) is 20.2 Å². The Balaban J connectivity index is 0.00000363. The molecule has 1 aromatic carbocycles. The molecule has 0 aliphatic carbocycles. The number of halogens is 5. The Morgan fingerprint density at radius 2 is 1.91 bits per heavy atom. The first-order valence-electron chi connectivity index (χ1n) is 9.77. The second kappa shape index (κ2) is 11.6. The molecule has 1 fully saturated rings. The second-order valence-corrected chi connectivity index (χ2v) is 7.06. The lowest BCUT2D eigenvalue weighted by Gasteiger charge is -2.38. The number of alkyl halides is 3. The van der Waals surface area contributed by atoms with Gasteiger partial charge in [0.15, 0.2) is 5.96 Å². The molecule has 7 nitrogen and oxygen atoms in total. The molecule has 176 valence electrons. The van der Waals surface area contributed by atoms with Crippen LogP contribution in [0.1, 0.15) is 24.3 Å². The van der Waals surface area contributed by atoms with Gasteiger partial charge < -0.3 is 20.3 Å². The average molecular weight is 568 g/mol. The largest absolute Gasteiger partial charge is 0.433 e. The molecule has 0 saturated carbocycles. The number of nitrogens with one attached hydrogen (secondary N) is 2. The topological polar surface area (TPSA) is 74.7 Å². The number of rotatable bonds is 5. The van der Waals surface area contributed by atoms with E-state index < -0.39 is 11.9 Å². The summed E-state index contributed by atoms with van der Waals surface area (Å²) in [6, 6.07) is 7.02. The summed E-state index contributed by atoms with van der Waals surface area (Å²) in [6.07, 6.45) is -3.76. The van der Waals surface area contributed by atoms with Gasteiger partial charge in [0.05, 0.1) is 12.6 Å². The Kier molecular flexibility index (Phi) is 9.43. The minimum Gasteiger partial charge on any atom is -0.367 e. The molecule has 0 radical (unpaired) electrons. The molecule has 3 rings (SSSR count). The van der Waals surface area contributed by atoms with Gasteiger partial charge in [-0.3, -0.25) is 4.99 Å². The fourth-order valence-corrected chi connectivity index (χ4v) is 3.27. The summed E-state index contributed by atoms with van der Waals surface area (Å²) in [5.41, 5.74) is -0.125. The van der Waals surface area contributed by atoms with Crippen LogP contribution in [-0.4, -0.2) is 60.2 Å². The number of nitrogens with zero attached hydrogens (tertiary/aromatic N) is 4. The number of hydrogen-bond acceptors (Lipinski definition) is 5. The van der Waals surface area contributed by atoms with Crippen LogP contribution in [0.2, 0.25) is 0 Å². The number of benzene rings is 1. The van der Waals surface area contributed by atoms with Crippen LogP contribution in [0.3, 0.4) is 0 Å². The Morgan fingerprint density at radius 1 is 1.19 bits per heavy atom. The van der Waals surface area contributed by atoms with E-state index in [0.717, 1.165) is 17.8 Å². The smallest absolute Gasteiger partial charge is 0.367 e. The molecule has 1 aromatic heterocycles. The SMILES string of the molecule is CN=C(NCCNc1nccc(C(F)(F)F)n1)N1CC(C)OC(c2ccc(F)cc2)C1.I. The van der Waals surface area contributed by atoms with E-state index in [1.807, 2.05) is 11.8 Å². The summed E-state index contributed by atoms with van der Waals surface area (Å²) in [5, 5.41) is 5.95. The normalized spacial score (nSPS) is 19.3. The van der Waals surface area contributed by atoms with E-state index >= 15 is 0 Å². The Hall–Kier alpha value is -2.22. The molecule has 1 aliphatic rings. The fourth-order valence-electron chi connectivity index (χ4n) is 3.27. The predicted molar refractivity (Wildman–Crippen MR) is 124 cm³/mol. The van der Waals surface area contributed by atoms with E-state index in [4.69, 9.17) is 4.74 Å². The zero-order valence-electron chi connectivity index (χ0n) is 17.6. The summed E-state index contributed by atoms with van der Waals surface area (Å²) in [4.78, 5) is 13.6. The molecular formula is C20H25F4IN6O. The van der Waals surface area contributed by atoms with Gasteiger partial charge in [-0.05, 0) is 30.7 Å². The minimum atomic E-state index is -4.52. The van der Waals surface area contributed by atoms with Crippen molar-refractivity contribution in [3.8, 4) is 0 Å². The molecule has 1 aliphatic heterocycles. The summed E-state index contributed by atoms with van der Waals surface area (Å²) in [5.74, 6) is 0.233. The van der Waals surface area contributed by atoms with Gasteiger partial charge in [-0.25, -0.2) is 14.4 Å². The van der Waals surface area contributed by atoms with Gasteiger partial charge in [-0.1, -0.05) is 12.1 Å². The number of hydrogen-bond donors (Lipinski definition) is 2. The van der Waals surface area contributed by atoms with Crippen molar-refractivity contribution < 1.29 is 22.3 Å². The third kappa shape index (κ3) is 7.15. The summed E-state index contributed by atoms with van der Waals surface area (Å²) in [6.45, 7) is 3.77. The van der Waals surface area contributed by atoms with Crippen LogP contribution < -0.4 is 10.6 Å². The van der Waals surface area contributed by atoms with Gasteiger partial charge >= 0.3 is 6.18 Å². The van der Waals surface area contributed by atoms with Crippen molar-refractivity contribution >= 4 is 35.9 Å². The molecule has 1 saturated heterocycles. The van der Waals surface area contributed by atoms with Crippen molar-refractivity contribution in [1.29, 1.82) is 0 Å². The van der Waals surface area contributed by atoms with Gasteiger partial charge in [-0.2, -0.15) is 13.2 Å². The standard InChI is InChI=1S/C20H24F4N6O.HI/c1-13-11-30(12-16(31-13)14-3-5-15(21)6-4-14)19(25-2)28-10-9-27-18-26-8-7-17(29-18)20(22,23)24;/h3-8,13,16H,9-12H2,1-2H3,(H,25,28)(H,26,27,29);1H. The molecular weight excluding hydrogens is 543 g/mol. The molecule has 2 heterocycles. The lowest BCUT2D eigenvalue weighted by atomic mass is 10.1. The van der Waals surface area contributed by atoms with Crippen LogP contribution in [-0.2, 0) is 10.9 Å². The highest BCUT2D eigenvalue weighted by Crippen LogP contribution is 2.27. The highest BCUT2D eigenvalue weighted by molar-refractivity contribution is 14.0. The molecule has 2 unspecified atom stereocenters. The van der Waals surface area contributed by atoms with Gasteiger partial charge in [0.2, 0.25) is 5.95 Å². The van der Waals surface area contributed by atoms with E-state index in [-0.39, 0.29) is 48.0 Å². The maximum Gasteiger partial charge on any atom is 0.433 e. The third-order valence-electron chi connectivity index (χ3n) is 4.65.